The predicted molar refractivity (Wildman–Crippen MR) is 65.7 cm³/mol. The molecule has 0 aliphatic carbocycles. The minimum Gasteiger partial charge on any atom is -0.463 e. The van der Waals surface area contributed by atoms with E-state index in [2.05, 4.69) is 10.1 Å². The molecule has 0 amide bonds. The fourth-order valence-corrected chi connectivity index (χ4v) is 1.57. The highest BCUT2D eigenvalue weighted by atomic mass is 19.1. The number of aliphatic hydroxyl groups excluding tert-OH is 1. The van der Waals surface area contributed by atoms with Crippen molar-refractivity contribution in [2.45, 2.75) is 25.3 Å². The highest BCUT2D eigenvalue weighted by molar-refractivity contribution is 5.37. The van der Waals surface area contributed by atoms with Crippen molar-refractivity contribution in [2.75, 3.05) is 13.1 Å². The van der Waals surface area contributed by atoms with Gasteiger partial charge in [-0.25, -0.2) is 4.39 Å². The molecule has 0 spiro atoms. The molecule has 2 rings (SSSR count). The Balaban J connectivity index is 0.000000184. The average molecular weight is 255 g/mol. The van der Waals surface area contributed by atoms with Crippen molar-refractivity contribution in [3.63, 3.8) is 0 Å². The summed E-state index contributed by atoms with van der Waals surface area (Å²) >= 11 is 0. The van der Waals surface area contributed by atoms with Crippen LogP contribution in [0.1, 0.15) is 12.0 Å². The van der Waals surface area contributed by atoms with Gasteiger partial charge in [0.1, 0.15) is 12.8 Å². The van der Waals surface area contributed by atoms with Crippen LogP contribution in [0.3, 0.4) is 0 Å². The maximum Gasteiger partial charge on any atom is 0.293 e. The van der Waals surface area contributed by atoms with E-state index in [-0.39, 0.29) is 0 Å². The molecule has 5 heteroatoms. The zero-order chi connectivity index (χ0) is 13.2. The molecule has 1 aliphatic heterocycles. The Hall–Kier alpha value is -1.46. The van der Waals surface area contributed by atoms with Crippen LogP contribution in [0.5, 0.6) is 0 Å². The van der Waals surface area contributed by atoms with Crippen molar-refractivity contribution in [3.8, 4) is 0 Å². The van der Waals surface area contributed by atoms with Gasteiger partial charge >= 0.3 is 0 Å². The number of carbonyl (C=O) groups is 1. The first kappa shape index (κ1) is 14.6. The van der Waals surface area contributed by atoms with E-state index in [0.717, 1.165) is 5.56 Å². The smallest absolute Gasteiger partial charge is 0.293 e. The summed E-state index contributed by atoms with van der Waals surface area (Å²) in [4.78, 5) is 9.76. The van der Waals surface area contributed by atoms with Gasteiger partial charge < -0.3 is 15.2 Å². The summed E-state index contributed by atoms with van der Waals surface area (Å²) in [7, 11) is 0. The number of halogens is 1. The second-order valence-corrected chi connectivity index (χ2v) is 4.04. The Bertz CT molecular complexity index is 326. The van der Waals surface area contributed by atoms with Crippen LogP contribution < -0.4 is 5.32 Å². The van der Waals surface area contributed by atoms with Crippen LogP contribution in [-0.2, 0) is 16.1 Å². The van der Waals surface area contributed by atoms with Crippen molar-refractivity contribution in [1.29, 1.82) is 0 Å². The summed E-state index contributed by atoms with van der Waals surface area (Å²) in [6, 6.07) is 9.55. The van der Waals surface area contributed by atoms with Gasteiger partial charge in [0.2, 0.25) is 0 Å². The van der Waals surface area contributed by atoms with Gasteiger partial charge in [-0.2, -0.15) is 0 Å². The Kier molecular flexibility index (Phi) is 6.98. The first-order chi connectivity index (χ1) is 8.72. The number of hydrogen-bond acceptors (Lipinski definition) is 4. The molecule has 1 aliphatic rings. The molecule has 2 N–H and O–H groups in total. The number of rotatable bonds is 3. The van der Waals surface area contributed by atoms with Crippen LogP contribution in [0.2, 0.25) is 0 Å². The first-order valence-corrected chi connectivity index (χ1v) is 5.84. The number of benzene rings is 1. The average Bonchev–Trinajstić information content (AvgIpc) is 2.38. The standard InChI is InChI=1S/C8H8O2.C5H10FNO/c9-7-10-6-8-4-2-1-3-5-8;6-4-1-5(8)3-7-2-4/h1-5,7H,6H2;4-5,7-8H,1-3H2. The fraction of sp³-hybridized carbons (Fsp3) is 0.462. The van der Waals surface area contributed by atoms with E-state index in [1.54, 1.807) is 0 Å². The summed E-state index contributed by atoms with van der Waals surface area (Å²) in [6.07, 6.45) is -1.02. The Labute approximate surface area is 106 Å². The third-order valence-corrected chi connectivity index (χ3v) is 2.43. The number of ether oxygens (including phenoxy) is 1. The zero-order valence-electron chi connectivity index (χ0n) is 10.1. The monoisotopic (exact) mass is 255 g/mol. The van der Waals surface area contributed by atoms with Crippen molar-refractivity contribution in [2.24, 2.45) is 0 Å². The Morgan fingerprint density at radius 2 is 2.11 bits per heavy atom. The molecule has 1 fully saturated rings. The molecule has 1 aromatic rings. The number of nitrogens with one attached hydrogen (secondary N) is 1. The van der Waals surface area contributed by atoms with E-state index in [1.807, 2.05) is 30.3 Å². The van der Waals surface area contributed by atoms with Crippen LogP contribution in [0.4, 0.5) is 4.39 Å². The Morgan fingerprint density at radius 1 is 1.39 bits per heavy atom. The summed E-state index contributed by atoms with van der Waals surface area (Å²) in [6.45, 7) is 1.76. The highest BCUT2D eigenvalue weighted by Gasteiger charge is 2.17. The van der Waals surface area contributed by atoms with Gasteiger partial charge in [-0.05, 0) is 5.56 Å². The number of carbonyl (C=O) groups excluding carboxylic acids is 1. The lowest BCUT2D eigenvalue weighted by Crippen LogP contribution is -2.40. The van der Waals surface area contributed by atoms with E-state index in [9.17, 15) is 9.18 Å². The lowest BCUT2D eigenvalue weighted by atomic mass is 10.1. The SMILES string of the molecule is O=COCc1ccccc1.OC1CNCC(F)C1. The number of aliphatic hydroxyl groups is 1. The van der Waals surface area contributed by atoms with E-state index in [0.29, 0.717) is 32.6 Å². The van der Waals surface area contributed by atoms with Gasteiger partial charge in [-0.3, -0.25) is 4.79 Å². The molecule has 0 bridgehead atoms. The van der Waals surface area contributed by atoms with Crippen LogP contribution in [0, 0.1) is 0 Å². The maximum atomic E-state index is 12.2. The largest absolute Gasteiger partial charge is 0.463 e. The second kappa shape index (κ2) is 8.60. The predicted octanol–water partition coefficient (Wildman–Crippen LogP) is 1.04. The van der Waals surface area contributed by atoms with Crippen molar-refractivity contribution >= 4 is 6.47 Å². The minimum absolute atomic E-state index is 0.299. The minimum atomic E-state index is -0.848. The van der Waals surface area contributed by atoms with Crippen molar-refractivity contribution < 1.29 is 19.0 Å². The van der Waals surface area contributed by atoms with Gasteiger partial charge in [-0.1, -0.05) is 30.3 Å². The van der Waals surface area contributed by atoms with Crippen molar-refractivity contribution in [1.82, 2.24) is 5.32 Å². The third-order valence-electron chi connectivity index (χ3n) is 2.43. The van der Waals surface area contributed by atoms with E-state index >= 15 is 0 Å². The van der Waals surface area contributed by atoms with Gasteiger partial charge in [0, 0.05) is 19.5 Å². The molecule has 4 nitrogen and oxygen atoms in total. The van der Waals surface area contributed by atoms with Crippen LogP contribution in [0.25, 0.3) is 0 Å². The number of piperidine rings is 1. The third kappa shape index (κ3) is 6.32. The lowest BCUT2D eigenvalue weighted by molar-refractivity contribution is -0.129. The maximum absolute atomic E-state index is 12.2. The first-order valence-electron chi connectivity index (χ1n) is 5.84. The second-order valence-electron chi connectivity index (χ2n) is 4.04. The molecule has 100 valence electrons. The molecule has 0 aromatic heterocycles. The molecule has 18 heavy (non-hydrogen) atoms. The molecule has 1 saturated heterocycles. The number of hydrogen-bond donors (Lipinski definition) is 2. The quantitative estimate of drug-likeness (QED) is 0.792. The van der Waals surface area contributed by atoms with E-state index in [4.69, 9.17) is 5.11 Å². The number of β-amino-alcohol motifs (C(OH)–C–C–N with tert-alkyl or cyclic N) is 1. The molecular formula is C13H18FNO3. The van der Waals surface area contributed by atoms with Crippen LogP contribution in [-0.4, -0.2) is 36.9 Å². The van der Waals surface area contributed by atoms with Crippen LogP contribution >= 0.6 is 0 Å². The summed E-state index contributed by atoms with van der Waals surface area (Å²) < 4.78 is 16.8. The normalized spacial score (nSPS) is 22.6. The van der Waals surface area contributed by atoms with Crippen LogP contribution in [0.15, 0.2) is 30.3 Å². The topological polar surface area (TPSA) is 58.6 Å². The fourth-order valence-electron chi connectivity index (χ4n) is 1.57. The zero-order valence-corrected chi connectivity index (χ0v) is 10.1. The Morgan fingerprint density at radius 3 is 2.61 bits per heavy atom. The summed E-state index contributed by atoms with van der Waals surface area (Å²) in [5.41, 5.74) is 1.01. The molecule has 2 unspecified atom stereocenters. The highest BCUT2D eigenvalue weighted by Crippen LogP contribution is 2.04. The molecular weight excluding hydrogens is 237 g/mol. The van der Waals surface area contributed by atoms with Gasteiger partial charge in [0.05, 0.1) is 6.10 Å². The van der Waals surface area contributed by atoms with E-state index in [1.165, 1.54) is 0 Å². The van der Waals surface area contributed by atoms with Gasteiger partial charge in [-0.15, -0.1) is 0 Å². The van der Waals surface area contributed by atoms with Crippen molar-refractivity contribution in [3.05, 3.63) is 35.9 Å². The molecule has 1 heterocycles. The number of alkyl halides is 1. The molecule has 0 saturated carbocycles. The van der Waals surface area contributed by atoms with Gasteiger partial charge in [0.25, 0.3) is 6.47 Å². The molecule has 1 aromatic carbocycles. The van der Waals surface area contributed by atoms with Gasteiger partial charge in [0.15, 0.2) is 0 Å². The molecule has 0 radical (unpaired) electrons. The summed E-state index contributed by atoms with van der Waals surface area (Å²) in [5.74, 6) is 0. The summed E-state index contributed by atoms with van der Waals surface area (Å²) in [5, 5.41) is 11.5. The molecule has 2 atom stereocenters. The van der Waals surface area contributed by atoms with E-state index < -0.39 is 12.3 Å². The lowest BCUT2D eigenvalue weighted by Gasteiger charge is -2.20.